The van der Waals surface area contributed by atoms with Gasteiger partial charge in [0.05, 0.1) is 12.7 Å². The molecule has 1 amide bonds. The number of H-pyrrole nitrogens is 1. The second-order valence-electron chi connectivity index (χ2n) is 6.14. The summed E-state index contributed by atoms with van der Waals surface area (Å²) in [5, 5.41) is 0. The molecule has 1 fully saturated rings. The standard InChI is InChI=1S/C19H23N3O3/c1-25-17-5-3-2-4-15(17)8-9-21-10-12-22(13-11-21)19(24)16-6-7-18(23)20-14-16/h2-7,14H,8-13H2,1H3,(H,20,23). The number of carbonyl (C=O) groups excluding carboxylic acids is 1. The van der Waals surface area contributed by atoms with Crippen LogP contribution in [0, 0.1) is 0 Å². The van der Waals surface area contributed by atoms with E-state index in [4.69, 9.17) is 4.74 Å². The maximum atomic E-state index is 12.4. The third kappa shape index (κ3) is 4.28. The van der Waals surface area contributed by atoms with Crippen LogP contribution in [0.2, 0.25) is 0 Å². The van der Waals surface area contributed by atoms with E-state index in [9.17, 15) is 9.59 Å². The summed E-state index contributed by atoms with van der Waals surface area (Å²) in [4.78, 5) is 30.3. The Hall–Kier alpha value is -2.60. The fourth-order valence-corrected chi connectivity index (χ4v) is 3.09. The summed E-state index contributed by atoms with van der Waals surface area (Å²) in [7, 11) is 1.69. The molecule has 6 nitrogen and oxygen atoms in total. The summed E-state index contributed by atoms with van der Waals surface area (Å²) in [5.74, 6) is 0.898. The first kappa shape index (κ1) is 17.2. The quantitative estimate of drug-likeness (QED) is 0.892. The molecule has 0 saturated carbocycles. The zero-order valence-electron chi connectivity index (χ0n) is 14.4. The number of carbonyl (C=O) groups is 1. The molecule has 0 bridgehead atoms. The number of pyridine rings is 1. The largest absolute Gasteiger partial charge is 0.496 e. The molecule has 6 heteroatoms. The lowest BCUT2D eigenvalue weighted by Gasteiger charge is -2.34. The van der Waals surface area contributed by atoms with Gasteiger partial charge in [0.15, 0.2) is 0 Å². The van der Waals surface area contributed by atoms with Gasteiger partial charge in [-0.15, -0.1) is 0 Å². The summed E-state index contributed by atoms with van der Waals surface area (Å²) in [6, 6.07) is 11.0. The second-order valence-corrected chi connectivity index (χ2v) is 6.14. The molecular formula is C19H23N3O3. The molecule has 2 aromatic rings. The lowest BCUT2D eigenvalue weighted by molar-refractivity contribution is 0.0638. The highest BCUT2D eigenvalue weighted by Crippen LogP contribution is 2.18. The number of amides is 1. The van der Waals surface area contributed by atoms with Crippen molar-refractivity contribution in [3.63, 3.8) is 0 Å². The van der Waals surface area contributed by atoms with Crippen molar-refractivity contribution in [1.82, 2.24) is 14.8 Å². The minimum absolute atomic E-state index is 0.0272. The second kappa shape index (κ2) is 7.98. The summed E-state index contributed by atoms with van der Waals surface area (Å²) in [6.07, 6.45) is 2.41. The number of aromatic amines is 1. The number of benzene rings is 1. The molecule has 3 rings (SSSR count). The number of rotatable bonds is 5. The van der Waals surface area contributed by atoms with E-state index in [0.717, 1.165) is 31.8 Å². The third-order valence-corrected chi connectivity index (χ3v) is 4.58. The van der Waals surface area contributed by atoms with Crippen LogP contribution < -0.4 is 10.3 Å². The minimum atomic E-state index is -0.197. The van der Waals surface area contributed by atoms with E-state index in [1.807, 2.05) is 23.1 Å². The fraction of sp³-hybridized carbons (Fsp3) is 0.368. The highest BCUT2D eigenvalue weighted by molar-refractivity contribution is 5.93. The first-order chi connectivity index (χ1) is 12.2. The molecule has 1 saturated heterocycles. The van der Waals surface area contributed by atoms with Crippen molar-refractivity contribution in [3.05, 3.63) is 64.1 Å². The smallest absolute Gasteiger partial charge is 0.255 e. The topological polar surface area (TPSA) is 65.6 Å². The van der Waals surface area contributed by atoms with Crippen molar-refractivity contribution in [3.8, 4) is 5.75 Å². The van der Waals surface area contributed by atoms with Crippen LogP contribution in [0.3, 0.4) is 0 Å². The van der Waals surface area contributed by atoms with Gasteiger partial charge in [-0.05, 0) is 24.1 Å². The molecule has 1 aliphatic heterocycles. The molecule has 0 aliphatic carbocycles. The van der Waals surface area contributed by atoms with Gasteiger partial charge in [0.2, 0.25) is 5.56 Å². The predicted molar refractivity (Wildman–Crippen MR) is 96.1 cm³/mol. The number of ether oxygens (including phenoxy) is 1. The van der Waals surface area contributed by atoms with Gasteiger partial charge >= 0.3 is 0 Å². The Kier molecular flexibility index (Phi) is 5.50. The summed E-state index contributed by atoms with van der Waals surface area (Å²) in [5.41, 5.74) is 1.54. The average molecular weight is 341 g/mol. The number of methoxy groups -OCH3 is 1. The Morgan fingerprint density at radius 2 is 1.88 bits per heavy atom. The number of aromatic nitrogens is 1. The molecule has 1 aromatic heterocycles. The van der Waals surface area contributed by atoms with Crippen LogP contribution in [0.5, 0.6) is 5.75 Å². The Labute approximate surface area is 147 Å². The first-order valence-corrected chi connectivity index (χ1v) is 8.49. The van der Waals surface area contributed by atoms with Crippen LogP contribution in [0.4, 0.5) is 0 Å². The highest BCUT2D eigenvalue weighted by atomic mass is 16.5. The van der Waals surface area contributed by atoms with Crippen LogP contribution in [0.25, 0.3) is 0 Å². The number of para-hydroxylation sites is 1. The molecule has 1 N–H and O–H groups in total. The molecule has 0 radical (unpaired) electrons. The van der Waals surface area contributed by atoms with Gasteiger partial charge in [-0.3, -0.25) is 14.5 Å². The molecule has 0 spiro atoms. The SMILES string of the molecule is COc1ccccc1CCN1CCN(C(=O)c2ccc(=O)[nH]c2)CC1. The van der Waals surface area contributed by atoms with Gasteiger partial charge in [0, 0.05) is 45.0 Å². The molecule has 2 heterocycles. The van der Waals surface area contributed by atoms with Gasteiger partial charge < -0.3 is 14.6 Å². The Balaban J connectivity index is 1.51. The van der Waals surface area contributed by atoms with Crippen LogP contribution in [0.15, 0.2) is 47.4 Å². The maximum Gasteiger partial charge on any atom is 0.255 e. The molecule has 25 heavy (non-hydrogen) atoms. The number of nitrogens with one attached hydrogen (secondary N) is 1. The number of hydrogen-bond acceptors (Lipinski definition) is 4. The number of piperazine rings is 1. The van der Waals surface area contributed by atoms with Crippen molar-refractivity contribution in [2.24, 2.45) is 0 Å². The van der Waals surface area contributed by atoms with Crippen molar-refractivity contribution < 1.29 is 9.53 Å². The van der Waals surface area contributed by atoms with Crippen LogP contribution >= 0.6 is 0 Å². The predicted octanol–water partition coefficient (Wildman–Crippen LogP) is 1.38. The van der Waals surface area contributed by atoms with E-state index in [0.29, 0.717) is 18.7 Å². The zero-order chi connectivity index (χ0) is 17.6. The normalized spacial score (nSPS) is 15.2. The Morgan fingerprint density at radius 1 is 1.12 bits per heavy atom. The van der Waals surface area contributed by atoms with Crippen molar-refractivity contribution in [1.29, 1.82) is 0 Å². The van der Waals surface area contributed by atoms with Gasteiger partial charge in [0.25, 0.3) is 5.91 Å². The third-order valence-electron chi connectivity index (χ3n) is 4.58. The van der Waals surface area contributed by atoms with E-state index in [1.165, 1.54) is 17.8 Å². The molecule has 0 atom stereocenters. The fourth-order valence-electron chi connectivity index (χ4n) is 3.09. The van der Waals surface area contributed by atoms with Crippen LogP contribution in [0.1, 0.15) is 15.9 Å². The lowest BCUT2D eigenvalue weighted by atomic mass is 10.1. The molecule has 132 valence electrons. The van der Waals surface area contributed by atoms with Gasteiger partial charge in [-0.25, -0.2) is 0 Å². The van der Waals surface area contributed by atoms with Crippen molar-refractivity contribution in [2.45, 2.75) is 6.42 Å². The lowest BCUT2D eigenvalue weighted by Crippen LogP contribution is -2.49. The monoisotopic (exact) mass is 341 g/mol. The highest BCUT2D eigenvalue weighted by Gasteiger charge is 2.22. The summed E-state index contributed by atoms with van der Waals surface area (Å²) >= 11 is 0. The van der Waals surface area contributed by atoms with Gasteiger partial charge in [-0.1, -0.05) is 18.2 Å². The molecule has 1 aliphatic rings. The van der Waals surface area contributed by atoms with Crippen LogP contribution in [-0.2, 0) is 6.42 Å². The summed E-state index contributed by atoms with van der Waals surface area (Å²) in [6.45, 7) is 4.04. The average Bonchev–Trinajstić information content (AvgIpc) is 2.67. The van der Waals surface area contributed by atoms with Crippen molar-refractivity contribution in [2.75, 3.05) is 39.8 Å². The van der Waals surface area contributed by atoms with Gasteiger partial charge in [0.1, 0.15) is 5.75 Å². The first-order valence-electron chi connectivity index (χ1n) is 8.49. The van der Waals surface area contributed by atoms with Crippen molar-refractivity contribution >= 4 is 5.91 Å². The van der Waals surface area contributed by atoms with E-state index < -0.39 is 0 Å². The Bertz CT molecular complexity index is 759. The Morgan fingerprint density at radius 3 is 2.56 bits per heavy atom. The number of nitrogens with zero attached hydrogens (tertiary/aromatic N) is 2. The van der Waals surface area contributed by atoms with E-state index in [1.54, 1.807) is 13.2 Å². The van der Waals surface area contributed by atoms with E-state index in [-0.39, 0.29) is 11.5 Å². The molecular weight excluding hydrogens is 318 g/mol. The minimum Gasteiger partial charge on any atom is -0.496 e. The van der Waals surface area contributed by atoms with E-state index >= 15 is 0 Å². The van der Waals surface area contributed by atoms with E-state index in [2.05, 4.69) is 16.0 Å². The summed E-state index contributed by atoms with van der Waals surface area (Å²) < 4.78 is 5.39. The maximum absolute atomic E-state index is 12.4. The molecule has 1 aromatic carbocycles. The van der Waals surface area contributed by atoms with Crippen LogP contribution in [-0.4, -0.2) is 60.5 Å². The zero-order valence-corrected chi connectivity index (χ0v) is 14.4. The number of hydrogen-bond donors (Lipinski definition) is 1. The molecule has 0 unspecified atom stereocenters. The van der Waals surface area contributed by atoms with Gasteiger partial charge in [-0.2, -0.15) is 0 Å².